The highest BCUT2D eigenvalue weighted by Crippen LogP contribution is 2.32. The number of benzene rings is 3. The quantitative estimate of drug-likeness (QED) is 0.441. The van der Waals surface area contributed by atoms with E-state index < -0.39 is 0 Å². The van der Waals surface area contributed by atoms with E-state index in [1.807, 2.05) is 44.2 Å². The van der Waals surface area contributed by atoms with Crippen molar-refractivity contribution in [2.75, 3.05) is 5.75 Å². The molecule has 0 atom stereocenters. The number of nitrogens with one attached hydrogen (secondary N) is 1. The van der Waals surface area contributed by atoms with Crippen molar-refractivity contribution < 1.29 is 14.0 Å². The van der Waals surface area contributed by atoms with Crippen LogP contribution in [0, 0.1) is 5.82 Å². The smallest absolute Gasteiger partial charge is 0.269 e. The zero-order chi connectivity index (χ0) is 21.5. The molecule has 0 unspecified atom stereocenters. The maximum Gasteiger partial charge on any atom is 0.269 e. The van der Waals surface area contributed by atoms with Crippen LogP contribution < -0.4 is 5.43 Å². The van der Waals surface area contributed by atoms with Crippen LogP contribution in [-0.2, 0) is 4.79 Å². The van der Waals surface area contributed by atoms with Crippen LogP contribution in [0.1, 0.15) is 24.2 Å². The highest BCUT2D eigenvalue weighted by molar-refractivity contribution is 8.00. The van der Waals surface area contributed by atoms with Gasteiger partial charge in [-0.25, -0.2) is 4.39 Å². The molecule has 0 aliphatic rings. The zero-order valence-corrected chi connectivity index (χ0v) is 17.7. The first-order valence-electron chi connectivity index (χ1n) is 9.62. The number of carbonyl (C=O) groups excluding carboxylic acids is 2. The number of amides is 2. The zero-order valence-electron chi connectivity index (χ0n) is 16.8. The van der Waals surface area contributed by atoms with Crippen molar-refractivity contribution in [2.24, 2.45) is 0 Å². The highest BCUT2D eigenvalue weighted by Gasteiger charge is 2.21. The van der Waals surface area contributed by atoms with Crippen molar-refractivity contribution >= 4 is 23.6 Å². The van der Waals surface area contributed by atoms with E-state index in [-0.39, 0.29) is 29.4 Å². The van der Waals surface area contributed by atoms with Crippen LogP contribution in [0.2, 0.25) is 0 Å². The topological polar surface area (TPSA) is 49.4 Å². The first-order valence-corrected chi connectivity index (χ1v) is 10.6. The number of hydrogen-bond acceptors (Lipinski definition) is 3. The average Bonchev–Trinajstić information content (AvgIpc) is 2.76. The summed E-state index contributed by atoms with van der Waals surface area (Å²) < 4.78 is 14.3. The van der Waals surface area contributed by atoms with Gasteiger partial charge in [-0.2, -0.15) is 0 Å². The number of hydrogen-bond donors (Lipinski definition) is 1. The molecule has 0 saturated heterocycles. The summed E-state index contributed by atoms with van der Waals surface area (Å²) >= 11 is 1.32. The molecule has 4 nitrogen and oxygen atoms in total. The van der Waals surface area contributed by atoms with Crippen LogP contribution >= 0.6 is 11.8 Å². The van der Waals surface area contributed by atoms with Gasteiger partial charge in [0.25, 0.3) is 11.8 Å². The second-order valence-electron chi connectivity index (χ2n) is 6.93. The molecule has 0 heterocycles. The van der Waals surface area contributed by atoms with Gasteiger partial charge >= 0.3 is 0 Å². The van der Waals surface area contributed by atoms with E-state index in [9.17, 15) is 14.0 Å². The van der Waals surface area contributed by atoms with Gasteiger partial charge in [0.2, 0.25) is 0 Å². The van der Waals surface area contributed by atoms with Crippen molar-refractivity contribution in [3.05, 3.63) is 90.2 Å². The summed E-state index contributed by atoms with van der Waals surface area (Å²) in [6.07, 6.45) is 0. The van der Waals surface area contributed by atoms with Gasteiger partial charge in [0.1, 0.15) is 5.82 Å². The molecule has 0 radical (unpaired) electrons. The monoisotopic (exact) mass is 422 g/mol. The Hall–Kier alpha value is -3.12. The molecule has 0 saturated carbocycles. The normalized spacial score (nSPS) is 10.7. The molecule has 0 bridgehead atoms. The summed E-state index contributed by atoms with van der Waals surface area (Å²) in [6, 6.07) is 22.5. The van der Waals surface area contributed by atoms with E-state index in [1.165, 1.54) is 22.8 Å². The number of carbonyl (C=O) groups is 2. The molecule has 2 amide bonds. The molecule has 0 aromatic heterocycles. The summed E-state index contributed by atoms with van der Waals surface area (Å²) in [5.41, 5.74) is 4.40. The summed E-state index contributed by atoms with van der Waals surface area (Å²) in [4.78, 5) is 26.1. The van der Waals surface area contributed by atoms with E-state index >= 15 is 0 Å². The van der Waals surface area contributed by atoms with Crippen LogP contribution in [0.4, 0.5) is 4.39 Å². The average molecular weight is 423 g/mol. The minimum absolute atomic E-state index is 0.110. The Morgan fingerprint density at radius 2 is 1.50 bits per heavy atom. The lowest BCUT2D eigenvalue weighted by Crippen LogP contribution is -2.50. The van der Waals surface area contributed by atoms with Crippen molar-refractivity contribution in [1.29, 1.82) is 0 Å². The molecule has 0 fully saturated rings. The standard InChI is InChI=1S/C24H23FN2O2S/c1-17(2)27(26-24(29)18-10-4-3-5-11-18)23(28)16-30-22-15-9-7-13-20(22)19-12-6-8-14-21(19)25/h3-15,17H,16H2,1-2H3,(H,26,29). The largest absolute Gasteiger partial charge is 0.272 e. The van der Waals surface area contributed by atoms with Crippen molar-refractivity contribution in [1.82, 2.24) is 10.4 Å². The van der Waals surface area contributed by atoms with Crippen molar-refractivity contribution in [3.63, 3.8) is 0 Å². The van der Waals surface area contributed by atoms with Crippen LogP contribution in [0.5, 0.6) is 0 Å². The fourth-order valence-electron chi connectivity index (χ4n) is 2.95. The van der Waals surface area contributed by atoms with Crippen LogP contribution in [0.15, 0.2) is 83.8 Å². The van der Waals surface area contributed by atoms with E-state index in [2.05, 4.69) is 5.43 Å². The molecule has 1 N–H and O–H groups in total. The number of rotatable bonds is 6. The highest BCUT2D eigenvalue weighted by atomic mass is 32.2. The molecule has 0 aliphatic heterocycles. The van der Waals surface area contributed by atoms with E-state index in [0.717, 1.165) is 10.5 Å². The SMILES string of the molecule is CC(C)N(NC(=O)c1ccccc1)C(=O)CSc1ccccc1-c1ccccc1F. The molecule has 0 aliphatic carbocycles. The molecule has 154 valence electrons. The lowest BCUT2D eigenvalue weighted by atomic mass is 10.1. The first kappa shape index (κ1) is 21.6. The van der Waals surface area contributed by atoms with Gasteiger partial charge in [0.15, 0.2) is 0 Å². The van der Waals surface area contributed by atoms with Gasteiger partial charge in [0.05, 0.1) is 5.75 Å². The molecule has 3 aromatic carbocycles. The van der Waals surface area contributed by atoms with Crippen LogP contribution in [0.3, 0.4) is 0 Å². The van der Waals surface area contributed by atoms with Crippen molar-refractivity contribution in [2.45, 2.75) is 24.8 Å². The molecule has 3 aromatic rings. The maximum absolute atomic E-state index is 14.3. The van der Waals surface area contributed by atoms with Gasteiger partial charge in [0, 0.05) is 22.1 Å². The number of thioether (sulfide) groups is 1. The minimum atomic E-state index is -0.339. The van der Waals surface area contributed by atoms with Gasteiger partial charge in [-0.15, -0.1) is 11.8 Å². The minimum Gasteiger partial charge on any atom is -0.272 e. The summed E-state index contributed by atoms with van der Waals surface area (Å²) in [7, 11) is 0. The predicted molar refractivity (Wildman–Crippen MR) is 118 cm³/mol. The van der Waals surface area contributed by atoms with Crippen molar-refractivity contribution in [3.8, 4) is 11.1 Å². The van der Waals surface area contributed by atoms with Gasteiger partial charge < -0.3 is 0 Å². The van der Waals surface area contributed by atoms with Crippen LogP contribution in [0.25, 0.3) is 11.1 Å². The Kier molecular flexibility index (Phi) is 7.25. The summed E-state index contributed by atoms with van der Waals surface area (Å²) in [6.45, 7) is 3.67. The number of halogens is 1. The molecular formula is C24H23FN2O2S. The third-order valence-corrected chi connectivity index (χ3v) is 5.50. The Balaban J connectivity index is 1.72. The fraction of sp³-hybridized carbons (Fsp3) is 0.167. The Labute approximate surface area is 180 Å². The predicted octanol–water partition coefficient (Wildman–Crippen LogP) is 5.17. The van der Waals surface area contributed by atoms with Gasteiger partial charge in [-0.3, -0.25) is 20.0 Å². The van der Waals surface area contributed by atoms with E-state index in [1.54, 1.807) is 42.5 Å². The van der Waals surface area contributed by atoms with Gasteiger partial charge in [-0.1, -0.05) is 54.6 Å². The fourth-order valence-corrected chi connectivity index (χ4v) is 3.87. The maximum atomic E-state index is 14.3. The Bertz CT molecular complexity index is 1020. The van der Waals surface area contributed by atoms with Gasteiger partial charge in [-0.05, 0) is 43.7 Å². The van der Waals surface area contributed by atoms with E-state index in [0.29, 0.717) is 11.1 Å². The first-order chi connectivity index (χ1) is 14.5. The molecule has 30 heavy (non-hydrogen) atoms. The summed E-state index contributed by atoms with van der Waals surface area (Å²) in [5.74, 6) is -0.772. The van der Waals surface area contributed by atoms with E-state index in [4.69, 9.17) is 0 Å². The third-order valence-electron chi connectivity index (χ3n) is 4.45. The second kappa shape index (κ2) is 10.1. The Morgan fingerprint density at radius 1 is 0.900 bits per heavy atom. The second-order valence-corrected chi connectivity index (χ2v) is 7.95. The number of nitrogens with zero attached hydrogens (tertiary/aromatic N) is 1. The molecule has 0 spiro atoms. The lowest BCUT2D eigenvalue weighted by molar-refractivity contribution is -0.132. The molecule has 3 rings (SSSR count). The summed E-state index contributed by atoms with van der Waals surface area (Å²) in [5, 5.41) is 1.34. The number of hydrazine groups is 1. The van der Waals surface area contributed by atoms with Crippen LogP contribution in [-0.4, -0.2) is 28.6 Å². The third kappa shape index (κ3) is 5.27. The molecule has 6 heteroatoms. The molecular weight excluding hydrogens is 399 g/mol. The Morgan fingerprint density at radius 3 is 2.17 bits per heavy atom. The lowest BCUT2D eigenvalue weighted by Gasteiger charge is -2.27.